The van der Waals surface area contributed by atoms with E-state index in [9.17, 15) is 4.57 Å². The van der Waals surface area contributed by atoms with Gasteiger partial charge in [0.15, 0.2) is 0 Å². The maximum atomic E-state index is 11.2. The normalized spacial score (nSPS) is 11.2. The first-order chi connectivity index (χ1) is 5.34. The largest absolute Gasteiger partial charge is 0.301 e. The second-order valence-electron chi connectivity index (χ2n) is 2.01. The van der Waals surface area contributed by atoms with Crippen LogP contribution in [0.5, 0.6) is 0 Å². The molecule has 0 aromatic heterocycles. The van der Waals surface area contributed by atoms with E-state index in [-0.39, 0.29) is 0 Å². The van der Waals surface area contributed by atoms with Gasteiger partial charge in [0.2, 0.25) is 8.03 Å². The first kappa shape index (κ1) is 8.38. The number of rotatable bonds is 3. The zero-order chi connectivity index (χ0) is 8.10. The Balaban J connectivity index is 2.69. The summed E-state index contributed by atoms with van der Waals surface area (Å²) in [6.07, 6.45) is 0. The third-order valence-electron chi connectivity index (χ3n) is 1.21. The Bertz CT molecular complexity index is 233. The van der Waals surface area contributed by atoms with Crippen LogP contribution in [0.2, 0.25) is 0 Å². The van der Waals surface area contributed by atoms with Crippen LogP contribution in [0.25, 0.3) is 0 Å². The lowest BCUT2D eigenvalue weighted by Gasteiger charge is -1.97. The summed E-state index contributed by atoms with van der Waals surface area (Å²) < 4.78 is 16.1. The van der Waals surface area contributed by atoms with Crippen LogP contribution in [0, 0.1) is 0 Å². The van der Waals surface area contributed by atoms with E-state index in [4.69, 9.17) is 4.52 Å². The van der Waals surface area contributed by atoms with Gasteiger partial charge in [-0.3, -0.25) is 4.57 Å². The summed E-state index contributed by atoms with van der Waals surface area (Å²) in [5.74, 6) is 0. The molecule has 0 spiro atoms. The van der Waals surface area contributed by atoms with Crippen molar-refractivity contribution in [2.24, 2.45) is 0 Å². The summed E-state index contributed by atoms with van der Waals surface area (Å²) in [4.78, 5) is 0. The van der Waals surface area contributed by atoms with Crippen LogP contribution in [0.1, 0.15) is 6.92 Å². The fourth-order valence-corrected chi connectivity index (χ4v) is 1.54. The second-order valence-corrected chi connectivity index (χ2v) is 3.30. The average molecular weight is 169 g/mol. The lowest BCUT2D eigenvalue weighted by Crippen LogP contribution is -1.95. The first-order valence-electron chi connectivity index (χ1n) is 3.50. The van der Waals surface area contributed by atoms with E-state index in [2.05, 4.69) is 0 Å². The van der Waals surface area contributed by atoms with Crippen LogP contribution in [-0.4, -0.2) is 6.61 Å². The molecule has 3 heteroatoms. The number of benzene rings is 1. The molecule has 0 N–H and O–H groups in total. The van der Waals surface area contributed by atoms with Gasteiger partial charge >= 0.3 is 0 Å². The average Bonchev–Trinajstić information content (AvgIpc) is 2.07. The molecule has 0 aliphatic carbocycles. The summed E-state index contributed by atoms with van der Waals surface area (Å²) in [6.45, 7) is 2.32. The molecule has 1 unspecified atom stereocenters. The predicted octanol–water partition coefficient (Wildman–Crippen LogP) is 2.09. The second kappa shape index (κ2) is 4.22. The van der Waals surface area contributed by atoms with Gasteiger partial charge in [-0.1, -0.05) is 18.2 Å². The van der Waals surface area contributed by atoms with Gasteiger partial charge < -0.3 is 4.52 Å². The van der Waals surface area contributed by atoms with E-state index in [1.807, 2.05) is 25.1 Å². The van der Waals surface area contributed by atoms with Crippen molar-refractivity contribution in [3.63, 3.8) is 0 Å². The monoisotopic (exact) mass is 169 g/mol. The fraction of sp³-hybridized carbons (Fsp3) is 0.250. The van der Waals surface area contributed by atoms with Gasteiger partial charge in [0, 0.05) is 0 Å². The van der Waals surface area contributed by atoms with Crippen molar-refractivity contribution in [1.29, 1.82) is 0 Å². The van der Waals surface area contributed by atoms with Crippen molar-refractivity contribution in [3.05, 3.63) is 30.3 Å². The van der Waals surface area contributed by atoms with Crippen molar-refractivity contribution in [1.82, 2.24) is 0 Å². The van der Waals surface area contributed by atoms with Crippen molar-refractivity contribution in [3.8, 4) is 0 Å². The van der Waals surface area contributed by atoms with E-state index in [0.717, 1.165) is 5.30 Å². The lowest BCUT2D eigenvalue weighted by molar-refractivity contribution is 0.357. The van der Waals surface area contributed by atoms with Gasteiger partial charge in [-0.15, -0.1) is 0 Å². The van der Waals surface area contributed by atoms with Gasteiger partial charge in [-0.05, 0) is 19.1 Å². The molecule has 11 heavy (non-hydrogen) atoms. The highest BCUT2D eigenvalue weighted by molar-refractivity contribution is 7.48. The van der Waals surface area contributed by atoms with Crippen molar-refractivity contribution < 1.29 is 9.09 Å². The minimum atomic E-state index is -1.63. The van der Waals surface area contributed by atoms with Gasteiger partial charge in [0.25, 0.3) is 0 Å². The molecular weight excluding hydrogens is 159 g/mol. The Morgan fingerprint density at radius 1 is 1.36 bits per heavy atom. The minimum absolute atomic E-state index is 0.490. The Kier molecular flexibility index (Phi) is 3.21. The minimum Gasteiger partial charge on any atom is -0.301 e. The first-order valence-corrected chi connectivity index (χ1v) is 4.67. The van der Waals surface area contributed by atoms with Crippen LogP contribution in [0.3, 0.4) is 0 Å². The van der Waals surface area contributed by atoms with Crippen LogP contribution in [-0.2, 0) is 9.09 Å². The van der Waals surface area contributed by atoms with E-state index < -0.39 is 8.03 Å². The molecule has 0 amide bonds. The molecule has 0 fully saturated rings. The molecule has 1 aromatic rings. The maximum absolute atomic E-state index is 11.2. The zero-order valence-corrected chi connectivity index (χ0v) is 7.25. The molecule has 0 bridgehead atoms. The highest BCUT2D eigenvalue weighted by Gasteiger charge is 2.01. The van der Waals surface area contributed by atoms with Crippen LogP contribution in [0.4, 0.5) is 0 Å². The van der Waals surface area contributed by atoms with Gasteiger partial charge in [0.1, 0.15) is 0 Å². The molecule has 0 aliphatic heterocycles. The molecule has 0 saturated heterocycles. The SMILES string of the molecule is CCO[P](=O)c1ccccc1. The Morgan fingerprint density at radius 3 is 2.55 bits per heavy atom. The zero-order valence-electron chi connectivity index (χ0n) is 6.36. The Labute approximate surface area is 67.1 Å². The predicted molar refractivity (Wildman–Crippen MR) is 45.3 cm³/mol. The Morgan fingerprint density at radius 2 is 2.00 bits per heavy atom. The van der Waals surface area contributed by atoms with Gasteiger partial charge in [-0.25, -0.2) is 0 Å². The van der Waals surface area contributed by atoms with Gasteiger partial charge in [0.05, 0.1) is 11.9 Å². The number of hydrogen-bond acceptors (Lipinski definition) is 2. The van der Waals surface area contributed by atoms with E-state index >= 15 is 0 Å². The Hall–Kier alpha value is -0.720. The molecular formula is C8H10O2P. The topological polar surface area (TPSA) is 26.3 Å². The van der Waals surface area contributed by atoms with Crippen molar-refractivity contribution in [2.45, 2.75) is 6.92 Å². The highest BCUT2D eigenvalue weighted by Crippen LogP contribution is 2.19. The molecule has 1 rings (SSSR count). The van der Waals surface area contributed by atoms with Crippen LogP contribution in [0.15, 0.2) is 30.3 Å². The molecule has 2 nitrogen and oxygen atoms in total. The summed E-state index contributed by atoms with van der Waals surface area (Å²) in [6, 6.07) is 9.19. The summed E-state index contributed by atoms with van der Waals surface area (Å²) in [5.41, 5.74) is 0. The van der Waals surface area contributed by atoms with Crippen LogP contribution < -0.4 is 5.30 Å². The third kappa shape index (κ3) is 2.41. The lowest BCUT2D eigenvalue weighted by atomic mass is 10.4. The third-order valence-corrected chi connectivity index (χ3v) is 2.43. The number of hydrogen-bond donors (Lipinski definition) is 0. The van der Waals surface area contributed by atoms with E-state index in [1.54, 1.807) is 12.1 Å². The molecule has 1 radical (unpaired) electrons. The molecule has 59 valence electrons. The van der Waals surface area contributed by atoms with E-state index in [0.29, 0.717) is 6.61 Å². The van der Waals surface area contributed by atoms with Gasteiger partial charge in [-0.2, -0.15) is 0 Å². The van der Waals surface area contributed by atoms with Crippen molar-refractivity contribution in [2.75, 3.05) is 6.61 Å². The molecule has 1 atom stereocenters. The molecule has 0 heterocycles. The molecule has 0 saturated carbocycles. The summed E-state index contributed by atoms with van der Waals surface area (Å²) in [7, 11) is -1.63. The smallest absolute Gasteiger partial charge is 0.246 e. The summed E-state index contributed by atoms with van der Waals surface area (Å²) >= 11 is 0. The standard InChI is InChI=1S/C8H10O2P/c1-2-10-11(9)8-6-4-3-5-7-8/h3-7H,2H2,1H3. The van der Waals surface area contributed by atoms with E-state index in [1.165, 1.54) is 0 Å². The fourth-order valence-electron chi connectivity index (χ4n) is 0.742. The van der Waals surface area contributed by atoms with Crippen molar-refractivity contribution >= 4 is 13.3 Å². The molecule has 1 aromatic carbocycles. The molecule has 0 aliphatic rings. The summed E-state index contributed by atoms with van der Waals surface area (Å²) in [5, 5.41) is 0.754. The highest BCUT2D eigenvalue weighted by atomic mass is 31.1. The quantitative estimate of drug-likeness (QED) is 0.647. The van der Waals surface area contributed by atoms with Crippen LogP contribution >= 0.6 is 8.03 Å². The maximum Gasteiger partial charge on any atom is 0.246 e.